The molecule has 3 fully saturated rings. The second-order valence-electron chi connectivity index (χ2n) is 8.20. The number of aromatic hydroxyl groups is 1. The van der Waals surface area contributed by atoms with E-state index in [9.17, 15) is 15.0 Å². The predicted octanol–water partition coefficient (Wildman–Crippen LogP) is 2.16. The number of phenols is 1. The number of phenolic OH excluding ortho intramolecular Hbond substituents is 1. The third-order valence-corrected chi connectivity index (χ3v) is 6.62. The molecule has 6 nitrogen and oxygen atoms in total. The molecular weight excluding hydrogens is 332 g/mol. The van der Waals surface area contributed by atoms with Crippen molar-refractivity contribution in [3.8, 4) is 11.5 Å². The molecule has 1 aromatic rings. The first-order valence-corrected chi connectivity index (χ1v) is 9.57. The van der Waals surface area contributed by atoms with E-state index in [1.807, 2.05) is 12.1 Å². The van der Waals surface area contributed by atoms with Crippen molar-refractivity contribution in [1.29, 1.82) is 0 Å². The van der Waals surface area contributed by atoms with Gasteiger partial charge in [-0.05, 0) is 30.5 Å². The summed E-state index contributed by atoms with van der Waals surface area (Å²) in [4.78, 5) is 16.9. The van der Waals surface area contributed by atoms with E-state index >= 15 is 0 Å². The number of benzene rings is 1. The molecule has 0 aromatic heterocycles. The van der Waals surface area contributed by atoms with Crippen molar-refractivity contribution in [1.82, 2.24) is 9.80 Å². The van der Waals surface area contributed by atoms with Gasteiger partial charge in [-0.15, -0.1) is 0 Å². The summed E-state index contributed by atoms with van der Waals surface area (Å²) in [6, 6.07) is 5.94. The molecule has 6 heteroatoms. The van der Waals surface area contributed by atoms with Gasteiger partial charge in [-0.3, -0.25) is 14.6 Å². The largest absolute Gasteiger partial charge is 0.504 e. The monoisotopic (exact) mass is 360 g/mol. The van der Waals surface area contributed by atoms with Gasteiger partial charge in [0.1, 0.15) is 0 Å². The van der Waals surface area contributed by atoms with Gasteiger partial charge >= 0.3 is 5.97 Å². The minimum Gasteiger partial charge on any atom is -0.504 e. The molecule has 3 aliphatic rings. The lowest BCUT2D eigenvalue weighted by Crippen LogP contribution is -2.42. The Labute approximate surface area is 154 Å². The normalized spacial score (nSPS) is 30.0. The lowest BCUT2D eigenvalue weighted by Gasteiger charge is -2.28. The van der Waals surface area contributed by atoms with E-state index in [2.05, 4.69) is 9.80 Å². The maximum Gasteiger partial charge on any atom is 0.312 e. The average molecular weight is 360 g/mol. The van der Waals surface area contributed by atoms with Crippen LogP contribution in [0.1, 0.15) is 31.2 Å². The maximum absolute atomic E-state index is 12.2. The fourth-order valence-corrected chi connectivity index (χ4v) is 5.26. The van der Waals surface area contributed by atoms with Crippen LogP contribution < -0.4 is 4.74 Å². The van der Waals surface area contributed by atoms with Crippen molar-refractivity contribution >= 4 is 5.97 Å². The quantitative estimate of drug-likeness (QED) is 0.838. The van der Waals surface area contributed by atoms with Gasteiger partial charge in [-0.25, -0.2) is 0 Å². The van der Waals surface area contributed by atoms with E-state index in [-0.39, 0.29) is 11.7 Å². The standard InChI is InChI=1S/C20H28N2O4/c1-26-18-8-14(6-7-17(18)23)9-21-10-15-11-22(16-4-2-3-5-16)13-20(15,12-21)19(24)25/h6-8,15-16,23H,2-5,9-13H2,1H3,(H,24,25)/t15-,20-/m1/s1. The van der Waals surface area contributed by atoms with Crippen molar-refractivity contribution in [3.05, 3.63) is 23.8 Å². The highest BCUT2D eigenvalue weighted by Crippen LogP contribution is 2.45. The van der Waals surface area contributed by atoms with Crippen LogP contribution in [0.5, 0.6) is 11.5 Å². The van der Waals surface area contributed by atoms with Gasteiger partial charge in [0.05, 0.1) is 12.5 Å². The number of ether oxygens (including phenoxy) is 1. The fourth-order valence-electron chi connectivity index (χ4n) is 5.26. The molecule has 1 aromatic carbocycles. The van der Waals surface area contributed by atoms with Crippen molar-refractivity contribution in [2.75, 3.05) is 33.3 Å². The Hall–Kier alpha value is -1.79. The Morgan fingerprint density at radius 2 is 2.04 bits per heavy atom. The van der Waals surface area contributed by atoms with Crippen LogP contribution in [0.4, 0.5) is 0 Å². The zero-order valence-corrected chi connectivity index (χ0v) is 15.4. The molecule has 2 aliphatic heterocycles. The van der Waals surface area contributed by atoms with E-state index in [0.717, 1.165) is 18.7 Å². The lowest BCUT2D eigenvalue weighted by atomic mass is 9.81. The van der Waals surface area contributed by atoms with Crippen LogP contribution in [0.3, 0.4) is 0 Å². The molecule has 1 saturated carbocycles. The Morgan fingerprint density at radius 1 is 1.27 bits per heavy atom. The number of fused-ring (bicyclic) bond motifs is 1. The first-order chi connectivity index (χ1) is 12.5. The van der Waals surface area contributed by atoms with Gasteiger partial charge < -0.3 is 14.9 Å². The van der Waals surface area contributed by atoms with Crippen molar-refractivity contribution < 1.29 is 19.7 Å². The Bertz CT molecular complexity index is 688. The van der Waals surface area contributed by atoms with E-state index in [0.29, 0.717) is 31.4 Å². The van der Waals surface area contributed by atoms with Gasteiger partial charge in [0.2, 0.25) is 0 Å². The highest BCUT2D eigenvalue weighted by atomic mass is 16.5. The minimum absolute atomic E-state index is 0.128. The van der Waals surface area contributed by atoms with Crippen LogP contribution >= 0.6 is 0 Å². The molecule has 0 bridgehead atoms. The predicted molar refractivity (Wildman–Crippen MR) is 97.3 cm³/mol. The summed E-state index contributed by atoms with van der Waals surface area (Å²) in [6.07, 6.45) is 5.00. The maximum atomic E-state index is 12.2. The average Bonchev–Trinajstić information content (AvgIpc) is 3.30. The smallest absolute Gasteiger partial charge is 0.312 e. The first kappa shape index (κ1) is 17.6. The lowest BCUT2D eigenvalue weighted by molar-refractivity contribution is -0.149. The summed E-state index contributed by atoms with van der Waals surface area (Å²) in [5, 5.41) is 19.8. The second-order valence-corrected chi connectivity index (χ2v) is 8.20. The zero-order chi connectivity index (χ0) is 18.3. The number of nitrogens with zero attached hydrogens (tertiary/aromatic N) is 2. The molecule has 2 heterocycles. The zero-order valence-electron chi connectivity index (χ0n) is 15.4. The van der Waals surface area contributed by atoms with E-state index in [1.54, 1.807) is 6.07 Å². The number of methoxy groups -OCH3 is 1. The number of carbonyl (C=O) groups is 1. The summed E-state index contributed by atoms with van der Waals surface area (Å²) in [5.41, 5.74) is 0.400. The SMILES string of the molecule is COc1cc(CN2C[C@@H]3CN(C4CCCC4)C[C@]3(C(=O)O)C2)ccc1O. The van der Waals surface area contributed by atoms with Crippen molar-refractivity contribution in [2.45, 2.75) is 38.3 Å². The molecule has 0 radical (unpaired) electrons. The van der Waals surface area contributed by atoms with Gasteiger partial charge in [0.15, 0.2) is 11.5 Å². The third kappa shape index (κ3) is 2.95. The highest BCUT2D eigenvalue weighted by molar-refractivity contribution is 5.77. The van der Waals surface area contributed by atoms with Crippen LogP contribution in [-0.4, -0.2) is 65.3 Å². The molecule has 0 amide bonds. The molecular formula is C20H28N2O4. The van der Waals surface area contributed by atoms with Gasteiger partial charge in [-0.1, -0.05) is 18.9 Å². The van der Waals surface area contributed by atoms with Crippen LogP contribution in [0.25, 0.3) is 0 Å². The van der Waals surface area contributed by atoms with Crippen LogP contribution in [0.2, 0.25) is 0 Å². The summed E-state index contributed by atoms with van der Waals surface area (Å²) in [6.45, 7) is 3.70. The number of likely N-dealkylation sites (tertiary alicyclic amines) is 2. The Balaban J connectivity index is 1.47. The van der Waals surface area contributed by atoms with Crippen molar-refractivity contribution in [3.63, 3.8) is 0 Å². The molecule has 0 spiro atoms. The van der Waals surface area contributed by atoms with E-state index < -0.39 is 11.4 Å². The summed E-state index contributed by atoms with van der Waals surface area (Å²) in [5.74, 6) is 0.138. The summed E-state index contributed by atoms with van der Waals surface area (Å²) in [7, 11) is 1.54. The van der Waals surface area contributed by atoms with E-state index in [1.165, 1.54) is 32.8 Å². The van der Waals surface area contributed by atoms with Crippen molar-refractivity contribution in [2.24, 2.45) is 11.3 Å². The van der Waals surface area contributed by atoms with Gasteiger partial charge in [0, 0.05) is 44.7 Å². The molecule has 1 aliphatic carbocycles. The number of hydrogen-bond donors (Lipinski definition) is 2. The summed E-state index contributed by atoms with van der Waals surface area (Å²) >= 11 is 0. The van der Waals surface area contributed by atoms with E-state index in [4.69, 9.17) is 4.74 Å². The van der Waals surface area contributed by atoms with Crippen LogP contribution in [0.15, 0.2) is 18.2 Å². The Morgan fingerprint density at radius 3 is 2.69 bits per heavy atom. The molecule has 2 atom stereocenters. The molecule has 4 rings (SSSR count). The number of carboxylic acids is 1. The second kappa shape index (κ2) is 6.74. The highest BCUT2D eigenvalue weighted by Gasteiger charge is 2.58. The minimum atomic E-state index is -0.645. The number of carboxylic acid groups (broad SMARTS) is 1. The molecule has 0 unspecified atom stereocenters. The Kier molecular flexibility index (Phi) is 4.57. The topological polar surface area (TPSA) is 73.2 Å². The number of aliphatic carboxylic acids is 1. The first-order valence-electron chi connectivity index (χ1n) is 9.57. The third-order valence-electron chi connectivity index (χ3n) is 6.62. The fraction of sp³-hybridized carbons (Fsp3) is 0.650. The molecule has 26 heavy (non-hydrogen) atoms. The summed E-state index contributed by atoms with van der Waals surface area (Å²) < 4.78 is 5.18. The molecule has 2 N–H and O–H groups in total. The number of rotatable bonds is 5. The molecule has 142 valence electrons. The number of hydrogen-bond acceptors (Lipinski definition) is 5. The van der Waals surface area contributed by atoms with Crippen LogP contribution in [-0.2, 0) is 11.3 Å². The van der Waals surface area contributed by atoms with Crippen LogP contribution in [0, 0.1) is 11.3 Å². The molecule has 2 saturated heterocycles. The van der Waals surface area contributed by atoms with Gasteiger partial charge in [-0.2, -0.15) is 0 Å². The van der Waals surface area contributed by atoms with Gasteiger partial charge in [0.25, 0.3) is 0 Å².